The van der Waals surface area contributed by atoms with Crippen LogP contribution in [0.5, 0.6) is 5.75 Å². The van der Waals surface area contributed by atoms with Gasteiger partial charge in [0, 0.05) is 35.8 Å². The number of halogens is 2. The number of hydrogen-bond acceptors (Lipinski definition) is 8. The molecule has 2 aromatic carbocycles. The molecular weight excluding hydrogens is 506 g/mol. The number of benzene rings is 2. The third-order valence-corrected chi connectivity index (χ3v) is 6.17. The van der Waals surface area contributed by atoms with E-state index in [1.165, 1.54) is 28.5 Å². The smallest absolute Gasteiger partial charge is 0.271 e. The predicted octanol–water partition coefficient (Wildman–Crippen LogP) is 1.83. The molecule has 11 nitrogen and oxygen atoms in total. The zero-order valence-corrected chi connectivity index (χ0v) is 20.3. The molecule has 0 aliphatic heterocycles. The average Bonchev–Trinajstić information content (AvgIpc) is 3.49. The number of amides is 2. The number of carbonyl (C=O) groups excluding carboxylic acids is 2. The fraction of sp³-hybridized carbons (Fsp3) is 0.130. The highest BCUT2D eigenvalue weighted by molar-refractivity contribution is 7.15. The number of hydrogen-bond donors (Lipinski definition) is 4. The summed E-state index contributed by atoms with van der Waals surface area (Å²) in [6.07, 6.45) is 2.09. The molecule has 0 fully saturated rings. The number of ether oxygens (including phenoxy) is 1. The Labute approximate surface area is 213 Å². The number of nitrogens with zero attached hydrogens (tertiary/aromatic N) is 4. The van der Waals surface area contributed by atoms with E-state index in [9.17, 15) is 18.4 Å². The lowest BCUT2D eigenvalue weighted by Crippen LogP contribution is -2.32. The molecule has 2 heterocycles. The predicted molar refractivity (Wildman–Crippen MR) is 135 cm³/mol. The fourth-order valence-electron chi connectivity index (χ4n) is 3.51. The number of aromatic nitrogens is 2. The third kappa shape index (κ3) is 5.34. The molecule has 37 heavy (non-hydrogen) atoms. The van der Waals surface area contributed by atoms with Crippen molar-refractivity contribution in [1.29, 1.82) is 0 Å². The standard InChI is InChI=1S/C23H22F2N8O3S/c1-32(12-34)18-8-13(21(30-26)31-27)2-5-20(18)36-7-6-28-22(35)17-10-33-19(11-37-23(33)29-17)15-4-3-14(24)9-16(15)25/h2-5,8-12H,6-7,26-27H2,1H3,(H,28,35)(H,30,31). The van der Waals surface area contributed by atoms with Crippen molar-refractivity contribution in [2.75, 3.05) is 25.1 Å². The van der Waals surface area contributed by atoms with Crippen LogP contribution in [0.25, 0.3) is 16.2 Å². The Balaban J connectivity index is 1.42. The van der Waals surface area contributed by atoms with Crippen LogP contribution in [-0.4, -0.2) is 47.7 Å². The summed E-state index contributed by atoms with van der Waals surface area (Å²) in [4.78, 5) is 30.0. The second kappa shape index (κ2) is 11.0. The van der Waals surface area contributed by atoms with Gasteiger partial charge >= 0.3 is 0 Å². The Bertz CT molecular complexity index is 1490. The topological polar surface area (TPSA) is 152 Å². The van der Waals surface area contributed by atoms with Crippen molar-refractivity contribution in [3.05, 3.63) is 70.9 Å². The number of fused-ring (bicyclic) bond motifs is 1. The van der Waals surface area contributed by atoms with Gasteiger partial charge in [0.2, 0.25) is 6.41 Å². The minimum atomic E-state index is -0.713. The minimum absolute atomic E-state index is 0.0893. The Morgan fingerprint density at radius 1 is 1.30 bits per heavy atom. The van der Waals surface area contributed by atoms with Crippen LogP contribution in [0.3, 0.4) is 0 Å². The summed E-state index contributed by atoms with van der Waals surface area (Å²) in [6.45, 7) is 0.224. The highest BCUT2D eigenvalue weighted by Gasteiger charge is 2.17. The highest BCUT2D eigenvalue weighted by atomic mass is 32.1. The first kappa shape index (κ1) is 25.5. The lowest BCUT2D eigenvalue weighted by Gasteiger charge is -2.18. The van der Waals surface area contributed by atoms with Crippen molar-refractivity contribution in [3.63, 3.8) is 0 Å². The molecule has 0 aliphatic rings. The summed E-state index contributed by atoms with van der Waals surface area (Å²) < 4.78 is 34.9. The van der Waals surface area contributed by atoms with Gasteiger partial charge in [-0.1, -0.05) is 0 Å². The first-order valence-electron chi connectivity index (χ1n) is 10.8. The van der Waals surface area contributed by atoms with Crippen LogP contribution in [0.2, 0.25) is 0 Å². The van der Waals surface area contributed by atoms with E-state index in [0.29, 0.717) is 34.1 Å². The molecule has 0 saturated heterocycles. The van der Waals surface area contributed by atoms with E-state index in [2.05, 4.69) is 20.8 Å². The van der Waals surface area contributed by atoms with E-state index in [1.807, 2.05) is 0 Å². The molecule has 4 rings (SSSR count). The van der Waals surface area contributed by atoms with Gasteiger partial charge in [0.1, 0.15) is 29.7 Å². The van der Waals surface area contributed by atoms with Crippen LogP contribution in [0, 0.1) is 11.6 Å². The monoisotopic (exact) mass is 528 g/mol. The van der Waals surface area contributed by atoms with Crippen LogP contribution < -0.4 is 32.1 Å². The molecule has 4 aromatic rings. The maximum Gasteiger partial charge on any atom is 0.271 e. The van der Waals surface area contributed by atoms with Gasteiger partial charge in [-0.2, -0.15) is 5.10 Å². The first-order valence-corrected chi connectivity index (χ1v) is 11.6. The SMILES string of the molecule is CN(C=O)c1cc(/C(=N/N)NN)ccc1OCCNC(=O)c1cn2c(-c3ccc(F)cc3F)csc2n1. The van der Waals surface area contributed by atoms with Gasteiger partial charge < -0.3 is 26.2 Å². The highest BCUT2D eigenvalue weighted by Crippen LogP contribution is 2.30. The van der Waals surface area contributed by atoms with Crippen LogP contribution >= 0.6 is 11.3 Å². The maximum absolute atomic E-state index is 14.2. The molecule has 6 N–H and O–H groups in total. The van der Waals surface area contributed by atoms with Gasteiger partial charge in [-0.3, -0.25) is 14.0 Å². The molecule has 2 amide bonds. The first-order chi connectivity index (χ1) is 17.9. The summed E-state index contributed by atoms with van der Waals surface area (Å²) in [5.74, 6) is 9.46. The van der Waals surface area contributed by atoms with Crippen molar-refractivity contribution in [3.8, 4) is 17.0 Å². The summed E-state index contributed by atoms with van der Waals surface area (Å²) in [6, 6.07) is 8.19. The van der Waals surface area contributed by atoms with Crippen molar-refractivity contribution in [2.24, 2.45) is 16.8 Å². The number of hydrazone groups is 1. The van der Waals surface area contributed by atoms with E-state index in [1.54, 1.807) is 35.0 Å². The van der Waals surface area contributed by atoms with Crippen LogP contribution in [0.15, 0.2) is 53.1 Å². The number of amidine groups is 1. The van der Waals surface area contributed by atoms with Gasteiger partial charge in [-0.15, -0.1) is 11.3 Å². The van der Waals surface area contributed by atoms with E-state index in [-0.39, 0.29) is 30.2 Å². The van der Waals surface area contributed by atoms with Gasteiger partial charge in [-0.05, 0) is 30.3 Å². The summed E-state index contributed by atoms with van der Waals surface area (Å²) in [5.41, 5.74) is 4.11. The van der Waals surface area contributed by atoms with Crippen LogP contribution in [0.1, 0.15) is 16.1 Å². The number of nitrogens with one attached hydrogen (secondary N) is 2. The number of imidazole rings is 1. The molecule has 0 atom stereocenters. The van der Waals surface area contributed by atoms with Crippen molar-refractivity contribution in [1.82, 2.24) is 20.1 Å². The number of carbonyl (C=O) groups is 2. The maximum atomic E-state index is 14.2. The normalized spacial score (nSPS) is 11.4. The van der Waals surface area contributed by atoms with Gasteiger partial charge in [0.05, 0.1) is 17.9 Å². The molecular formula is C23H22F2N8O3S. The Kier molecular flexibility index (Phi) is 7.60. The molecule has 0 spiro atoms. The lowest BCUT2D eigenvalue weighted by atomic mass is 10.1. The molecule has 14 heteroatoms. The molecule has 0 bridgehead atoms. The number of thiazole rings is 1. The second-order valence-electron chi connectivity index (χ2n) is 7.65. The average molecular weight is 529 g/mol. The number of nitrogens with two attached hydrogens (primary N) is 2. The third-order valence-electron chi connectivity index (χ3n) is 5.33. The van der Waals surface area contributed by atoms with Crippen LogP contribution in [-0.2, 0) is 4.79 Å². The second-order valence-corrected chi connectivity index (χ2v) is 8.49. The number of anilines is 1. The van der Waals surface area contributed by atoms with Crippen LogP contribution in [0.4, 0.5) is 14.5 Å². The Morgan fingerprint density at radius 3 is 2.81 bits per heavy atom. The lowest BCUT2D eigenvalue weighted by molar-refractivity contribution is -0.107. The molecule has 0 saturated carbocycles. The minimum Gasteiger partial charge on any atom is -0.490 e. The molecule has 0 unspecified atom stereocenters. The molecule has 2 aromatic heterocycles. The van der Waals surface area contributed by atoms with Crippen molar-refractivity contribution >= 4 is 40.1 Å². The fourth-order valence-corrected chi connectivity index (χ4v) is 4.39. The van der Waals surface area contributed by atoms with E-state index < -0.39 is 17.5 Å². The summed E-state index contributed by atoms with van der Waals surface area (Å²) in [5, 5.41) is 7.93. The van der Waals surface area contributed by atoms with Gasteiger partial charge in [0.15, 0.2) is 10.8 Å². The van der Waals surface area contributed by atoms with Crippen molar-refractivity contribution in [2.45, 2.75) is 0 Å². The number of rotatable bonds is 9. The van der Waals surface area contributed by atoms with Gasteiger partial charge in [-0.25, -0.2) is 19.6 Å². The molecule has 0 radical (unpaired) electrons. The van der Waals surface area contributed by atoms with E-state index in [4.69, 9.17) is 16.4 Å². The summed E-state index contributed by atoms with van der Waals surface area (Å²) >= 11 is 1.22. The van der Waals surface area contributed by atoms with E-state index in [0.717, 1.165) is 12.1 Å². The molecule has 192 valence electrons. The largest absolute Gasteiger partial charge is 0.490 e. The Hall–Kier alpha value is -4.56. The number of hydrazine groups is 1. The van der Waals surface area contributed by atoms with Crippen molar-refractivity contribution < 1.29 is 23.1 Å². The summed E-state index contributed by atoms with van der Waals surface area (Å²) in [7, 11) is 1.55. The zero-order valence-electron chi connectivity index (χ0n) is 19.4. The van der Waals surface area contributed by atoms with E-state index >= 15 is 0 Å². The Morgan fingerprint density at radius 2 is 2.11 bits per heavy atom. The van der Waals surface area contributed by atoms with Gasteiger partial charge in [0.25, 0.3) is 5.91 Å². The quantitative estimate of drug-likeness (QED) is 0.0646. The molecule has 0 aliphatic carbocycles. The zero-order chi connectivity index (χ0) is 26.5.